The van der Waals surface area contributed by atoms with Crippen LogP contribution in [0.25, 0.3) is 0 Å². The fraction of sp³-hybridized carbons (Fsp3) is 0.333. The van der Waals surface area contributed by atoms with Crippen LogP contribution in [0.2, 0.25) is 0 Å². The number of hydrogen-bond acceptors (Lipinski definition) is 4. The second-order valence-electron chi connectivity index (χ2n) is 4.27. The SMILES string of the molecule is CC#CC(CNOC(=O)c1ccccc1C(=O)O)C(C)I. The maximum atomic E-state index is 11.9. The van der Waals surface area contributed by atoms with Crippen LogP contribution in [0.15, 0.2) is 24.3 Å². The molecule has 0 amide bonds. The van der Waals surface area contributed by atoms with E-state index >= 15 is 0 Å². The molecule has 0 aromatic heterocycles. The summed E-state index contributed by atoms with van der Waals surface area (Å²) in [5.74, 6) is 4.00. The Morgan fingerprint density at radius 3 is 2.52 bits per heavy atom. The average Bonchev–Trinajstić information content (AvgIpc) is 2.45. The van der Waals surface area contributed by atoms with Crippen LogP contribution in [0.1, 0.15) is 34.6 Å². The van der Waals surface area contributed by atoms with Crippen molar-refractivity contribution in [2.45, 2.75) is 17.8 Å². The highest BCUT2D eigenvalue weighted by Gasteiger charge is 2.18. The van der Waals surface area contributed by atoms with Gasteiger partial charge in [-0.2, -0.15) is 5.48 Å². The van der Waals surface area contributed by atoms with E-state index in [4.69, 9.17) is 9.94 Å². The van der Waals surface area contributed by atoms with Gasteiger partial charge in [0, 0.05) is 16.4 Å². The number of rotatable bonds is 6. The Morgan fingerprint density at radius 2 is 2.00 bits per heavy atom. The Morgan fingerprint density at radius 1 is 1.38 bits per heavy atom. The van der Waals surface area contributed by atoms with Gasteiger partial charge in [-0.05, 0) is 19.1 Å². The number of aromatic carboxylic acids is 1. The van der Waals surface area contributed by atoms with Crippen molar-refractivity contribution in [3.63, 3.8) is 0 Å². The first kappa shape index (κ1) is 17.5. The van der Waals surface area contributed by atoms with Gasteiger partial charge in [0.1, 0.15) is 0 Å². The van der Waals surface area contributed by atoms with Crippen molar-refractivity contribution < 1.29 is 19.5 Å². The third kappa shape index (κ3) is 5.36. The third-order valence-corrected chi connectivity index (χ3v) is 3.60. The Hall–Kier alpha value is -1.59. The number of alkyl halides is 1. The zero-order valence-electron chi connectivity index (χ0n) is 11.7. The van der Waals surface area contributed by atoms with Crippen molar-refractivity contribution in [1.29, 1.82) is 0 Å². The highest BCUT2D eigenvalue weighted by molar-refractivity contribution is 14.1. The lowest BCUT2D eigenvalue weighted by Gasteiger charge is -2.14. The van der Waals surface area contributed by atoms with Crippen molar-refractivity contribution in [3.05, 3.63) is 35.4 Å². The molecule has 1 aromatic carbocycles. The van der Waals surface area contributed by atoms with Crippen LogP contribution in [0.4, 0.5) is 0 Å². The fourth-order valence-corrected chi connectivity index (χ4v) is 2.05. The molecule has 1 rings (SSSR count). The number of nitrogens with one attached hydrogen (secondary N) is 1. The number of hydroxylamine groups is 1. The van der Waals surface area contributed by atoms with E-state index in [-0.39, 0.29) is 21.0 Å². The quantitative estimate of drug-likeness (QED) is 0.332. The summed E-state index contributed by atoms with van der Waals surface area (Å²) in [5, 5.41) is 9.02. The number of carbonyl (C=O) groups is 2. The second-order valence-corrected chi connectivity index (χ2v) is 6.23. The van der Waals surface area contributed by atoms with Gasteiger partial charge in [0.2, 0.25) is 0 Å². The minimum atomic E-state index is -1.17. The van der Waals surface area contributed by atoms with Gasteiger partial charge in [-0.1, -0.05) is 47.6 Å². The number of benzene rings is 1. The molecule has 2 unspecified atom stereocenters. The van der Waals surface area contributed by atoms with Crippen LogP contribution in [0.3, 0.4) is 0 Å². The molecule has 0 saturated heterocycles. The lowest BCUT2D eigenvalue weighted by molar-refractivity contribution is 0.0233. The first-order valence-electron chi connectivity index (χ1n) is 6.30. The van der Waals surface area contributed by atoms with Crippen molar-refractivity contribution in [3.8, 4) is 11.8 Å². The van der Waals surface area contributed by atoms with E-state index in [9.17, 15) is 9.59 Å². The molecule has 0 aliphatic rings. The molecule has 0 fully saturated rings. The van der Waals surface area contributed by atoms with Crippen LogP contribution >= 0.6 is 22.6 Å². The highest BCUT2D eigenvalue weighted by atomic mass is 127. The molecule has 2 atom stereocenters. The van der Waals surface area contributed by atoms with E-state index < -0.39 is 11.9 Å². The van der Waals surface area contributed by atoms with Gasteiger partial charge in [-0.25, -0.2) is 9.59 Å². The summed E-state index contributed by atoms with van der Waals surface area (Å²) in [4.78, 5) is 27.9. The predicted molar refractivity (Wildman–Crippen MR) is 87.2 cm³/mol. The molecule has 0 spiro atoms. The monoisotopic (exact) mass is 401 g/mol. The predicted octanol–water partition coefficient (Wildman–Crippen LogP) is 2.51. The first-order valence-corrected chi connectivity index (χ1v) is 7.54. The largest absolute Gasteiger partial charge is 0.478 e. The zero-order valence-corrected chi connectivity index (χ0v) is 13.9. The van der Waals surface area contributed by atoms with E-state index in [0.29, 0.717) is 6.54 Å². The molecular formula is C15H16INO4. The number of hydrogen-bond donors (Lipinski definition) is 2. The number of carboxylic acids is 1. The zero-order chi connectivity index (χ0) is 15.8. The minimum absolute atomic E-state index is 0.0122. The normalized spacial score (nSPS) is 12.7. The van der Waals surface area contributed by atoms with Gasteiger partial charge < -0.3 is 9.94 Å². The Balaban J connectivity index is 2.66. The van der Waals surface area contributed by atoms with Crippen molar-refractivity contribution in [1.82, 2.24) is 5.48 Å². The molecule has 0 bridgehead atoms. The molecule has 21 heavy (non-hydrogen) atoms. The maximum Gasteiger partial charge on any atom is 0.357 e. The molecule has 0 aliphatic heterocycles. The number of carboxylic acid groups (broad SMARTS) is 1. The highest BCUT2D eigenvalue weighted by Crippen LogP contribution is 2.12. The molecule has 0 radical (unpaired) electrons. The molecule has 2 N–H and O–H groups in total. The van der Waals surface area contributed by atoms with E-state index in [1.807, 2.05) is 6.92 Å². The van der Waals surface area contributed by atoms with Crippen LogP contribution in [0.5, 0.6) is 0 Å². The van der Waals surface area contributed by atoms with E-state index in [0.717, 1.165) is 0 Å². The summed E-state index contributed by atoms with van der Waals surface area (Å²) in [6.07, 6.45) is 0. The average molecular weight is 401 g/mol. The summed E-state index contributed by atoms with van der Waals surface area (Å²) in [6.45, 7) is 4.14. The van der Waals surface area contributed by atoms with Gasteiger partial charge in [-0.15, -0.1) is 5.92 Å². The van der Waals surface area contributed by atoms with Gasteiger partial charge in [0.15, 0.2) is 0 Å². The Bertz CT molecular complexity index is 575. The number of halogens is 1. The lowest BCUT2D eigenvalue weighted by atomic mass is 10.1. The molecule has 1 aromatic rings. The molecule has 112 valence electrons. The Kier molecular flexibility index (Phi) is 7.19. The molecule has 0 aliphatic carbocycles. The van der Waals surface area contributed by atoms with Crippen LogP contribution in [-0.2, 0) is 4.84 Å². The van der Waals surface area contributed by atoms with Crippen molar-refractivity contribution >= 4 is 34.5 Å². The maximum absolute atomic E-state index is 11.9. The van der Waals surface area contributed by atoms with Crippen LogP contribution < -0.4 is 5.48 Å². The smallest absolute Gasteiger partial charge is 0.357 e. The minimum Gasteiger partial charge on any atom is -0.478 e. The summed E-state index contributed by atoms with van der Waals surface area (Å²) in [6, 6.07) is 5.91. The summed E-state index contributed by atoms with van der Waals surface area (Å²) in [7, 11) is 0. The summed E-state index contributed by atoms with van der Waals surface area (Å²) in [5.41, 5.74) is 2.49. The Labute approximate surface area is 137 Å². The van der Waals surface area contributed by atoms with E-state index in [2.05, 4.69) is 39.9 Å². The first-order chi connectivity index (χ1) is 9.97. The molecule has 6 heteroatoms. The van der Waals surface area contributed by atoms with Crippen LogP contribution in [0, 0.1) is 17.8 Å². The summed E-state index contributed by atoms with van der Waals surface area (Å²) < 4.78 is 0.285. The van der Waals surface area contributed by atoms with Gasteiger partial charge in [-0.3, -0.25) is 0 Å². The summed E-state index contributed by atoms with van der Waals surface area (Å²) >= 11 is 2.25. The standard InChI is InChI=1S/C15H16INO4/c1-3-6-11(10(2)16)9-17-21-15(20)13-8-5-4-7-12(13)14(18)19/h4-5,7-8,10-11,17H,9H2,1-2H3,(H,18,19). The molecule has 5 nitrogen and oxygen atoms in total. The van der Waals surface area contributed by atoms with E-state index in [1.165, 1.54) is 12.1 Å². The van der Waals surface area contributed by atoms with Gasteiger partial charge >= 0.3 is 11.9 Å². The van der Waals surface area contributed by atoms with E-state index in [1.54, 1.807) is 19.1 Å². The molecular weight excluding hydrogens is 385 g/mol. The molecule has 0 saturated carbocycles. The van der Waals surface area contributed by atoms with Crippen molar-refractivity contribution in [2.75, 3.05) is 6.54 Å². The van der Waals surface area contributed by atoms with Gasteiger partial charge in [0.25, 0.3) is 0 Å². The lowest BCUT2D eigenvalue weighted by Crippen LogP contribution is -2.29. The van der Waals surface area contributed by atoms with Crippen LogP contribution in [-0.4, -0.2) is 27.5 Å². The fourth-order valence-electron chi connectivity index (χ4n) is 1.61. The number of carbonyl (C=O) groups excluding carboxylic acids is 1. The topological polar surface area (TPSA) is 75.6 Å². The third-order valence-electron chi connectivity index (χ3n) is 2.73. The second kappa shape index (κ2) is 8.64. The van der Waals surface area contributed by atoms with Gasteiger partial charge in [0.05, 0.1) is 11.1 Å². The van der Waals surface area contributed by atoms with Crippen molar-refractivity contribution in [2.24, 2.45) is 5.92 Å². The molecule has 0 heterocycles.